The number of nitrogens with zero attached hydrogens (tertiary/aromatic N) is 2. The number of benzene rings is 3. The molecule has 1 heterocycles. The SMILES string of the molecule is Cc1ccccc1-c1nn(-c2ccccc2)cc1C(=O)Nc1cccc(OCC(N)=O)c1. The number of rotatable bonds is 7. The van der Waals surface area contributed by atoms with Crippen molar-refractivity contribution < 1.29 is 14.3 Å². The van der Waals surface area contributed by atoms with Crippen LogP contribution in [-0.2, 0) is 4.79 Å². The molecule has 0 unspecified atom stereocenters. The molecule has 0 radical (unpaired) electrons. The van der Waals surface area contributed by atoms with Crippen molar-refractivity contribution in [2.24, 2.45) is 5.73 Å². The van der Waals surface area contributed by atoms with Gasteiger partial charge in [0.2, 0.25) is 0 Å². The van der Waals surface area contributed by atoms with Crippen molar-refractivity contribution in [2.45, 2.75) is 6.92 Å². The number of para-hydroxylation sites is 1. The second kappa shape index (κ2) is 9.18. The second-order valence-electron chi connectivity index (χ2n) is 7.22. The Bertz CT molecular complexity index is 1270. The summed E-state index contributed by atoms with van der Waals surface area (Å²) in [6.07, 6.45) is 1.72. The van der Waals surface area contributed by atoms with Gasteiger partial charge in [0.15, 0.2) is 6.61 Å². The minimum Gasteiger partial charge on any atom is -0.484 e. The average molecular weight is 426 g/mol. The van der Waals surface area contributed by atoms with Gasteiger partial charge < -0.3 is 15.8 Å². The van der Waals surface area contributed by atoms with Crippen LogP contribution >= 0.6 is 0 Å². The molecule has 7 heteroatoms. The Balaban J connectivity index is 1.68. The highest BCUT2D eigenvalue weighted by Gasteiger charge is 2.20. The van der Waals surface area contributed by atoms with Gasteiger partial charge in [-0.05, 0) is 36.8 Å². The first-order valence-electron chi connectivity index (χ1n) is 10.0. The summed E-state index contributed by atoms with van der Waals surface area (Å²) in [5.41, 5.74) is 9.43. The van der Waals surface area contributed by atoms with E-state index in [1.807, 2.05) is 61.5 Å². The molecule has 160 valence electrons. The minimum atomic E-state index is -0.573. The first-order valence-corrected chi connectivity index (χ1v) is 10.0. The molecule has 0 saturated carbocycles. The number of carbonyl (C=O) groups excluding carboxylic acids is 2. The molecule has 3 N–H and O–H groups in total. The molecule has 2 amide bonds. The number of nitrogens with two attached hydrogens (primary N) is 1. The monoisotopic (exact) mass is 426 g/mol. The number of amides is 2. The number of aromatic nitrogens is 2. The van der Waals surface area contributed by atoms with Gasteiger partial charge in [0.1, 0.15) is 11.4 Å². The fourth-order valence-electron chi connectivity index (χ4n) is 3.31. The van der Waals surface area contributed by atoms with E-state index in [1.54, 1.807) is 35.1 Å². The van der Waals surface area contributed by atoms with Gasteiger partial charge in [0, 0.05) is 23.5 Å². The molecule has 0 aliphatic heterocycles. The fourth-order valence-corrected chi connectivity index (χ4v) is 3.31. The molecule has 0 bridgehead atoms. The van der Waals surface area contributed by atoms with Crippen LogP contribution in [0.5, 0.6) is 5.75 Å². The summed E-state index contributed by atoms with van der Waals surface area (Å²) in [5, 5.41) is 7.61. The molecule has 7 nitrogen and oxygen atoms in total. The number of hydrogen-bond donors (Lipinski definition) is 2. The third-order valence-electron chi connectivity index (χ3n) is 4.85. The van der Waals surface area contributed by atoms with E-state index in [0.717, 1.165) is 16.8 Å². The van der Waals surface area contributed by atoms with Gasteiger partial charge in [0.05, 0.1) is 11.3 Å². The van der Waals surface area contributed by atoms with E-state index in [0.29, 0.717) is 22.7 Å². The van der Waals surface area contributed by atoms with E-state index in [2.05, 4.69) is 5.32 Å². The molecular formula is C25H22N4O3. The Morgan fingerprint density at radius 1 is 1.00 bits per heavy atom. The topological polar surface area (TPSA) is 99.2 Å². The van der Waals surface area contributed by atoms with Crippen LogP contribution in [0.2, 0.25) is 0 Å². The maximum atomic E-state index is 13.3. The minimum absolute atomic E-state index is 0.237. The van der Waals surface area contributed by atoms with Crippen molar-refractivity contribution in [3.63, 3.8) is 0 Å². The van der Waals surface area contributed by atoms with Gasteiger partial charge in [-0.15, -0.1) is 0 Å². The van der Waals surface area contributed by atoms with Crippen LogP contribution in [0.25, 0.3) is 16.9 Å². The molecule has 0 spiro atoms. The van der Waals surface area contributed by atoms with Crippen LogP contribution in [0.4, 0.5) is 5.69 Å². The Kier molecular flexibility index (Phi) is 5.98. The molecule has 0 fully saturated rings. The van der Waals surface area contributed by atoms with Crippen LogP contribution in [0.15, 0.2) is 85.1 Å². The van der Waals surface area contributed by atoms with Crippen LogP contribution in [0, 0.1) is 6.92 Å². The predicted octanol–water partition coefficient (Wildman–Crippen LogP) is 3.96. The maximum Gasteiger partial charge on any atom is 0.259 e. The van der Waals surface area contributed by atoms with Crippen LogP contribution in [-0.4, -0.2) is 28.2 Å². The molecule has 0 aliphatic carbocycles. The number of aryl methyl sites for hydroxylation is 1. The van der Waals surface area contributed by atoms with Crippen LogP contribution in [0.1, 0.15) is 15.9 Å². The number of anilines is 1. The summed E-state index contributed by atoms with van der Waals surface area (Å²) >= 11 is 0. The Hall–Kier alpha value is -4.39. The maximum absolute atomic E-state index is 13.3. The highest BCUT2D eigenvalue weighted by atomic mass is 16.5. The Labute approximate surface area is 185 Å². The highest BCUT2D eigenvalue weighted by molar-refractivity contribution is 6.08. The molecule has 0 atom stereocenters. The quantitative estimate of drug-likeness (QED) is 0.467. The van der Waals surface area contributed by atoms with Crippen molar-refractivity contribution in [2.75, 3.05) is 11.9 Å². The number of ether oxygens (including phenoxy) is 1. The van der Waals surface area contributed by atoms with E-state index < -0.39 is 5.91 Å². The van der Waals surface area contributed by atoms with Crippen molar-refractivity contribution in [3.8, 4) is 22.7 Å². The standard InChI is InChI=1S/C25H22N4O3/c1-17-8-5-6-13-21(17)24-22(15-29(28-24)19-10-3-2-4-11-19)25(31)27-18-9-7-12-20(14-18)32-16-23(26)30/h2-15H,16H2,1H3,(H2,26,30)(H,27,31). The molecule has 32 heavy (non-hydrogen) atoms. The Morgan fingerprint density at radius 3 is 2.50 bits per heavy atom. The first kappa shape index (κ1) is 20.9. The number of primary amides is 1. The molecule has 0 saturated heterocycles. The summed E-state index contributed by atoms with van der Waals surface area (Å²) in [6.45, 7) is 1.75. The lowest BCUT2D eigenvalue weighted by Crippen LogP contribution is -2.20. The zero-order chi connectivity index (χ0) is 22.5. The largest absolute Gasteiger partial charge is 0.484 e. The third-order valence-corrected chi connectivity index (χ3v) is 4.85. The number of carbonyl (C=O) groups is 2. The lowest BCUT2D eigenvalue weighted by Gasteiger charge is -2.09. The smallest absolute Gasteiger partial charge is 0.259 e. The van der Waals surface area contributed by atoms with Crippen molar-refractivity contribution in [3.05, 3.63) is 96.2 Å². The number of hydrogen-bond acceptors (Lipinski definition) is 4. The van der Waals surface area contributed by atoms with Crippen molar-refractivity contribution in [1.82, 2.24) is 9.78 Å². The van der Waals surface area contributed by atoms with Crippen molar-refractivity contribution in [1.29, 1.82) is 0 Å². The first-order chi connectivity index (χ1) is 15.5. The van der Waals surface area contributed by atoms with E-state index in [-0.39, 0.29) is 12.5 Å². The lowest BCUT2D eigenvalue weighted by molar-refractivity contribution is -0.119. The lowest BCUT2D eigenvalue weighted by atomic mass is 10.0. The predicted molar refractivity (Wildman–Crippen MR) is 123 cm³/mol. The summed E-state index contributed by atoms with van der Waals surface area (Å²) < 4.78 is 7.02. The van der Waals surface area contributed by atoms with E-state index in [9.17, 15) is 9.59 Å². The van der Waals surface area contributed by atoms with Crippen molar-refractivity contribution >= 4 is 17.5 Å². The van der Waals surface area contributed by atoms with Crippen LogP contribution < -0.4 is 15.8 Å². The molecule has 3 aromatic carbocycles. The molecule has 4 rings (SSSR count). The zero-order valence-corrected chi connectivity index (χ0v) is 17.5. The zero-order valence-electron chi connectivity index (χ0n) is 17.5. The second-order valence-corrected chi connectivity index (χ2v) is 7.22. The number of nitrogens with one attached hydrogen (secondary N) is 1. The fraction of sp³-hybridized carbons (Fsp3) is 0.0800. The molecule has 4 aromatic rings. The van der Waals surface area contributed by atoms with E-state index >= 15 is 0 Å². The highest BCUT2D eigenvalue weighted by Crippen LogP contribution is 2.28. The van der Waals surface area contributed by atoms with Gasteiger partial charge in [-0.3, -0.25) is 9.59 Å². The summed E-state index contributed by atoms with van der Waals surface area (Å²) in [7, 11) is 0. The van der Waals surface area contributed by atoms with Gasteiger partial charge in [-0.2, -0.15) is 5.10 Å². The molecule has 1 aromatic heterocycles. The van der Waals surface area contributed by atoms with E-state index in [1.165, 1.54) is 0 Å². The van der Waals surface area contributed by atoms with Gasteiger partial charge in [-0.25, -0.2) is 4.68 Å². The summed E-state index contributed by atoms with van der Waals surface area (Å²) in [6, 6.07) is 24.2. The van der Waals surface area contributed by atoms with Gasteiger partial charge in [0.25, 0.3) is 11.8 Å². The normalized spacial score (nSPS) is 10.5. The summed E-state index contributed by atoms with van der Waals surface area (Å²) in [5.74, 6) is -0.450. The molecular weight excluding hydrogens is 404 g/mol. The van der Waals surface area contributed by atoms with Gasteiger partial charge in [-0.1, -0.05) is 48.5 Å². The average Bonchev–Trinajstić information content (AvgIpc) is 3.24. The van der Waals surface area contributed by atoms with E-state index in [4.69, 9.17) is 15.6 Å². The van der Waals surface area contributed by atoms with Gasteiger partial charge >= 0.3 is 0 Å². The summed E-state index contributed by atoms with van der Waals surface area (Å²) in [4.78, 5) is 24.2. The Morgan fingerprint density at radius 2 is 1.75 bits per heavy atom. The third kappa shape index (κ3) is 4.67. The molecule has 0 aliphatic rings. The van der Waals surface area contributed by atoms with Crippen LogP contribution in [0.3, 0.4) is 0 Å².